The van der Waals surface area contributed by atoms with Crippen LogP contribution in [0.15, 0.2) is 22.7 Å². The fourth-order valence-corrected chi connectivity index (χ4v) is 2.44. The molecule has 0 saturated carbocycles. The van der Waals surface area contributed by atoms with E-state index in [9.17, 15) is 4.79 Å². The molecule has 94 valence electrons. The van der Waals surface area contributed by atoms with Gasteiger partial charge in [0.05, 0.1) is 16.0 Å². The molecule has 1 rings (SSSR count). The van der Waals surface area contributed by atoms with Crippen LogP contribution in [0, 0.1) is 0 Å². The summed E-state index contributed by atoms with van der Waals surface area (Å²) >= 11 is 15.3. The molecule has 0 aliphatic carbocycles. The van der Waals surface area contributed by atoms with Gasteiger partial charge in [-0.05, 0) is 24.6 Å². The minimum Gasteiger partial charge on any atom is -0.351 e. The van der Waals surface area contributed by atoms with Crippen LogP contribution in [0.4, 0.5) is 0 Å². The standard InChI is InChI=1S/C12H14BrCl2NO/c1-2-3-9(14)7-16-12(17)10-5-4-8(13)6-11(10)15/h4-6,9H,2-3,7H2,1H3,(H,16,17). The topological polar surface area (TPSA) is 29.1 Å². The van der Waals surface area contributed by atoms with E-state index < -0.39 is 0 Å². The number of nitrogens with one attached hydrogen (secondary N) is 1. The van der Waals surface area contributed by atoms with E-state index in [1.165, 1.54) is 0 Å². The number of hydrogen-bond acceptors (Lipinski definition) is 1. The Morgan fingerprint density at radius 1 is 1.53 bits per heavy atom. The predicted octanol–water partition coefficient (Wildman–Crippen LogP) is 4.24. The van der Waals surface area contributed by atoms with Gasteiger partial charge in [0, 0.05) is 11.0 Å². The first kappa shape index (κ1) is 14.8. The Kier molecular flexibility index (Phi) is 6.31. The van der Waals surface area contributed by atoms with Crippen molar-refractivity contribution in [1.29, 1.82) is 0 Å². The van der Waals surface area contributed by atoms with Crippen molar-refractivity contribution < 1.29 is 4.79 Å². The Morgan fingerprint density at radius 2 is 2.24 bits per heavy atom. The fourth-order valence-electron chi connectivity index (χ4n) is 1.39. The lowest BCUT2D eigenvalue weighted by Crippen LogP contribution is -2.29. The van der Waals surface area contributed by atoms with Gasteiger partial charge in [0.15, 0.2) is 0 Å². The maximum atomic E-state index is 11.8. The molecule has 0 spiro atoms. The summed E-state index contributed by atoms with van der Waals surface area (Å²) in [6.07, 6.45) is 1.89. The number of halogens is 3. The van der Waals surface area contributed by atoms with Gasteiger partial charge < -0.3 is 5.32 Å². The third-order valence-corrected chi connectivity index (χ3v) is 3.44. The first-order valence-electron chi connectivity index (χ1n) is 5.42. The van der Waals surface area contributed by atoms with E-state index in [1.807, 2.05) is 0 Å². The van der Waals surface area contributed by atoms with Gasteiger partial charge in [-0.25, -0.2) is 0 Å². The van der Waals surface area contributed by atoms with E-state index >= 15 is 0 Å². The van der Waals surface area contributed by atoms with Gasteiger partial charge in [0.1, 0.15) is 0 Å². The number of hydrogen-bond donors (Lipinski definition) is 1. The molecule has 5 heteroatoms. The highest BCUT2D eigenvalue weighted by molar-refractivity contribution is 9.10. The van der Waals surface area contributed by atoms with Crippen LogP contribution >= 0.6 is 39.1 Å². The van der Waals surface area contributed by atoms with Crippen molar-refractivity contribution in [2.75, 3.05) is 6.54 Å². The van der Waals surface area contributed by atoms with E-state index in [1.54, 1.807) is 18.2 Å². The summed E-state index contributed by atoms with van der Waals surface area (Å²) < 4.78 is 0.847. The maximum absolute atomic E-state index is 11.8. The van der Waals surface area contributed by atoms with Crippen molar-refractivity contribution in [3.05, 3.63) is 33.3 Å². The van der Waals surface area contributed by atoms with Crippen molar-refractivity contribution in [3.63, 3.8) is 0 Å². The molecular weight excluding hydrogens is 325 g/mol. The minimum atomic E-state index is -0.191. The van der Waals surface area contributed by atoms with Gasteiger partial charge in [-0.15, -0.1) is 11.6 Å². The zero-order valence-corrected chi connectivity index (χ0v) is 12.6. The van der Waals surface area contributed by atoms with Gasteiger partial charge in [-0.3, -0.25) is 4.79 Å². The Balaban J connectivity index is 2.58. The Hall–Kier alpha value is -0.250. The van der Waals surface area contributed by atoms with Crippen molar-refractivity contribution in [3.8, 4) is 0 Å². The predicted molar refractivity (Wildman–Crippen MR) is 76.0 cm³/mol. The normalized spacial score (nSPS) is 12.2. The summed E-state index contributed by atoms with van der Waals surface area (Å²) in [7, 11) is 0. The SMILES string of the molecule is CCCC(Cl)CNC(=O)c1ccc(Br)cc1Cl. The fraction of sp³-hybridized carbons (Fsp3) is 0.417. The van der Waals surface area contributed by atoms with Gasteiger partial charge in [0.25, 0.3) is 5.91 Å². The Labute approximate surface area is 120 Å². The van der Waals surface area contributed by atoms with E-state index in [-0.39, 0.29) is 11.3 Å². The lowest BCUT2D eigenvalue weighted by Gasteiger charge is -2.10. The number of carbonyl (C=O) groups excluding carboxylic acids is 1. The summed E-state index contributed by atoms with van der Waals surface area (Å²) in [5.74, 6) is -0.191. The highest BCUT2D eigenvalue weighted by atomic mass is 79.9. The second-order valence-corrected chi connectivity index (χ2v) is 5.66. The molecule has 0 aliphatic heterocycles. The summed E-state index contributed by atoms with van der Waals surface area (Å²) in [5.41, 5.74) is 0.468. The van der Waals surface area contributed by atoms with Crippen molar-refractivity contribution in [1.82, 2.24) is 5.32 Å². The Bertz CT molecular complexity index is 398. The second-order valence-electron chi connectivity index (χ2n) is 3.72. The molecule has 0 aliphatic rings. The largest absolute Gasteiger partial charge is 0.351 e. The quantitative estimate of drug-likeness (QED) is 0.799. The molecule has 1 aromatic carbocycles. The number of amides is 1. The summed E-state index contributed by atoms with van der Waals surface area (Å²) in [6, 6.07) is 5.16. The number of rotatable bonds is 5. The summed E-state index contributed by atoms with van der Waals surface area (Å²) in [5, 5.41) is 3.17. The molecule has 0 fully saturated rings. The maximum Gasteiger partial charge on any atom is 0.252 e. The van der Waals surface area contributed by atoms with Gasteiger partial charge >= 0.3 is 0 Å². The first-order valence-corrected chi connectivity index (χ1v) is 7.02. The third-order valence-electron chi connectivity index (χ3n) is 2.26. The van der Waals surface area contributed by atoms with Crippen LogP contribution < -0.4 is 5.32 Å². The van der Waals surface area contributed by atoms with Crippen LogP contribution in [0.25, 0.3) is 0 Å². The zero-order valence-electron chi connectivity index (χ0n) is 9.47. The third kappa shape index (κ3) is 4.86. The van der Waals surface area contributed by atoms with E-state index in [0.717, 1.165) is 17.3 Å². The monoisotopic (exact) mass is 337 g/mol. The smallest absolute Gasteiger partial charge is 0.252 e. The summed E-state index contributed by atoms with van der Waals surface area (Å²) in [6.45, 7) is 2.52. The van der Waals surface area contributed by atoms with E-state index in [0.29, 0.717) is 17.1 Å². The molecule has 0 saturated heterocycles. The Morgan fingerprint density at radius 3 is 2.82 bits per heavy atom. The molecule has 0 aromatic heterocycles. The van der Waals surface area contributed by atoms with Crippen molar-refractivity contribution in [2.45, 2.75) is 25.1 Å². The second kappa shape index (κ2) is 7.24. The molecule has 17 heavy (non-hydrogen) atoms. The van der Waals surface area contributed by atoms with E-state index in [2.05, 4.69) is 28.2 Å². The zero-order chi connectivity index (χ0) is 12.8. The van der Waals surface area contributed by atoms with Gasteiger partial charge in [-0.1, -0.05) is 40.9 Å². The highest BCUT2D eigenvalue weighted by Crippen LogP contribution is 2.21. The molecular formula is C12H14BrCl2NO. The van der Waals surface area contributed by atoms with Crippen molar-refractivity contribution in [2.24, 2.45) is 0 Å². The van der Waals surface area contributed by atoms with Crippen LogP contribution in [0.3, 0.4) is 0 Å². The molecule has 1 atom stereocenters. The molecule has 0 bridgehead atoms. The molecule has 0 heterocycles. The minimum absolute atomic E-state index is 0.0295. The molecule has 1 amide bonds. The van der Waals surface area contributed by atoms with Crippen LogP contribution in [-0.4, -0.2) is 17.8 Å². The molecule has 2 nitrogen and oxygen atoms in total. The number of benzene rings is 1. The lowest BCUT2D eigenvalue weighted by molar-refractivity contribution is 0.0953. The number of carbonyl (C=O) groups is 1. The van der Waals surface area contributed by atoms with Crippen LogP contribution in [0.2, 0.25) is 5.02 Å². The molecule has 1 N–H and O–H groups in total. The van der Waals surface area contributed by atoms with Crippen LogP contribution in [-0.2, 0) is 0 Å². The van der Waals surface area contributed by atoms with Crippen LogP contribution in [0.5, 0.6) is 0 Å². The van der Waals surface area contributed by atoms with Crippen molar-refractivity contribution >= 4 is 45.0 Å². The average molecular weight is 339 g/mol. The molecule has 1 unspecified atom stereocenters. The lowest BCUT2D eigenvalue weighted by atomic mass is 10.2. The van der Waals surface area contributed by atoms with Crippen LogP contribution in [0.1, 0.15) is 30.1 Å². The molecule has 1 aromatic rings. The van der Waals surface area contributed by atoms with Gasteiger partial charge in [-0.2, -0.15) is 0 Å². The first-order chi connectivity index (χ1) is 8.04. The summed E-state index contributed by atoms with van der Waals surface area (Å²) in [4.78, 5) is 11.8. The average Bonchev–Trinajstić information content (AvgIpc) is 2.26. The highest BCUT2D eigenvalue weighted by Gasteiger charge is 2.11. The number of alkyl halides is 1. The van der Waals surface area contributed by atoms with E-state index in [4.69, 9.17) is 23.2 Å². The molecule has 0 radical (unpaired) electrons. The van der Waals surface area contributed by atoms with Gasteiger partial charge in [0.2, 0.25) is 0 Å².